The third-order valence-corrected chi connectivity index (χ3v) is 6.02. The second-order valence-electron chi connectivity index (χ2n) is 6.50. The molecule has 0 fully saturated rings. The molecule has 0 radical (unpaired) electrons. The molecule has 1 aromatic carbocycles. The highest BCUT2D eigenvalue weighted by Crippen LogP contribution is 2.30. The number of ether oxygens (including phenoxy) is 1. The highest BCUT2D eigenvalue weighted by molar-refractivity contribution is 7.14. The molecule has 0 aliphatic heterocycles. The van der Waals surface area contributed by atoms with E-state index < -0.39 is 0 Å². The second-order valence-corrected chi connectivity index (χ2v) is 7.63. The van der Waals surface area contributed by atoms with E-state index in [9.17, 15) is 4.79 Å². The molecular weight excluding hydrogens is 332 g/mol. The fourth-order valence-corrected chi connectivity index (χ4v) is 4.61. The number of methoxy groups -OCH3 is 1. The van der Waals surface area contributed by atoms with Crippen LogP contribution in [-0.2, 0) is 24.1 Å². The van der Waals surface area contributed by atoms with E-state index in [0.29, 0.717) is 6.61 Å². The summed E-state index contributed by atoms with van der Waals surface area (Å²) in [5.74, 6) is -0.00225. The molecule has 5 heteroatoms. The van der Waals surface area contributed by atoms with Crippen molar-refractivity contribution >= 4 is 33.8 Å². The van der Waals surface area contributed by atoms with Gasteiger partial charge in [-0.25, -0.2) is 0 Å². The fraction of sp³-hybridized carbons (Fsp3) is 0.350. The third kappa shape index (κ3) is 3.34. The van der Waals surface area contributed by atoms with E-state index in [1.165, 1.54) is 23.3 Å². The van der Waals surface area contributed by atoms with Crippen LogP contribution in [0.5, 0.6) is 0 Å². The summed E-state index contributed by atoms with van der Waals surface area (Å²) in [6.45, 7) is 1.51. The van der Waals surface area contributed by atoms with Crippen molar-refractivity contribution in [1.29, 1.82) is 0 Å². The Hall–Kier alpha value is -2.11. The first kappa shape index (κ1) is 16.4. The Balaban J connectivity index is 1.52. The molecule has 0 atom stereocenters. The van der Waals surface area contributed by atoms with Gasteiger partial charge in [0.25, 0.3) is 5.91 Å². The SMILES string of the molecule is COCCn1ccc2cc(NC(=O)c3cc4c(s3)CCCC4)ccc21. The molecule has 2 heterocycles. The molecule has 4 nitrogen and oxygen atoms in total. The van der Waals surface area contributed by atoms with Gasteiger partial charge in [0.2, 0.25) is 0 Å². The normalized spacial score (nSPS) is 13.8. The van der Waals surface area contributed by atoms with E-state index in [0.717, 1.165) is 40.9 Å². The number of hydrogen-bond acceptors (Lipinski definition) is 3. The van der Waals surface area contributed by atoms with Crippen LogP contribution in [-0.4, -0.2) is 24.2 Å². The van der Waals surface area contributed by atoms with Gasteiger partial charge in [0.05, 0.1) is 11.5 Å². The molecule has 3 aromatic rings. The van der Waals surface area contributed by atoms with Crippen molar-refractivity contribution in [2.75, 3.05) is 19.0 Å². The lowest BCUT2D eigenvalue weighted by Gasteiger charge is -2.08. The molecular formula is C20H22N2O2S. The van der Waals surface area contributed by atoms with Crippen molar-refractivity contribution < 1.29 is 9.53 Å². The van der Waals surface area contributed by atoms with Crippen LogP contribution in [0.25, 0.3) is 10.9 Å². The van der Waals surface area contributed by atoms with Crippen LogP contribution in [0.3, 0.4) is 0 Å². The summed E-state index contributed by atoms with van der Waals surface area (Å²) in [5.41, 5.74) is 3.36. The van der Waals surface area contributed by atoms with Crippen LogP contribution in [0.15, 0.2) is 36.5 Å². The summed E-state index contributed by atoms with van der Waals surface area (Å²) in [5, 5.41) is 4.17. The van der Waals surface area contributed by atoms with Gasteiger partial charge >= 0.3 is 0 Å². The van der Waals surface area contributed by atoms with E-state index in [1.54, 1.807) is 18.4 Å². The summed E-state index contributed by atoms with van der Waals surface area (Å²) in [4.78, 5) is 14.8. The first-order valence-electron chi connectivity index (χ1n) is 8.75. The zero-order valence-corrected chi connectivity index (χ0v) is 15.2. The molecule has 0 bridgehead atoms. The van der Waals surface area contributed by atoms with Gasteiger partial charge in [-0.3, -0.25) is 4.79 Å². The molecule has 130 valence electrons. The summed E-state index contributed by atoms with van der Waals surface area (Å²) < 4.78 is 7.31. The zero-order valence-electron chi connectivity index (χ0n) is 14.4. The number of carbonyl (C=O) groups is 1. The number of nitrogens with one attached hydrogen (secondary N) is 1. The minimum absolute atomic E-state index is 0.00225. The van der Waals surface area contributed by atoms with Crippen molar-refractivity contribution in [1.82, 2.24) is 4.57 Å². The smallest absolute Gasteiger partial charge is 0.265 e. The first-order valence-corrected chi connectivity index (χ1v) is 9.57. The lowest BCUT2D eigenvalue weighted by Crippen LogP contribution is -2.10. The lowest BCUT2D eigenvalue weighted by atomic mass is 9.99. The van der Waals surface area contributed by atoms with E-state index in [4.69, 9.17) is 4.74 Å². The van der Waals surface area contributed by atoms with Crippen LogP contribution in [0.1, 0.15) is 33.0 Å². The lowest BCUT2D eigenvalue weighted by molar-refractivity contribution is 0.103. The molecule has 25 heavy (non-hydrogen) atoms. The van der Waals surface area contributed by atoms with Crippen molar-refractivity contribution in [3.05, 3.63) is 51.8 Å². The average molecular weight is 354 g/mol. The van der Waals surface area contributed by atoms with Crippen molar-refractivity contribution in [3.8, 4) is 0 Å². The number of benzene rings is 1. The first-order chi connectivity index (χ1) is 12.2. The molecule has 4 rings (SSSR count). The number of thiophene rings is 1. The Labute approximate surface area is 151 Å². The molecule has 1 aliphatic carbocycles. The number of nitrogens with zero attached hydrogens (tertiary/aromatic N) is 1. The van der Waals surface area contributed by atoms with Gasteiger partial charge < -0.3 is 14.6 Å². The second kappa shape index (κ2) is 7.02. The number of hydrogen-bond donors (Lipinski definition) is 1. The number of rotatable bonds is 5. The molecule has 0 spiro atoms. The van der Waals surface area contributed by atoms with Gasteiger partial charge in [-0.05, 0) is 61.6 Å². The molecule has 0 unspecified atom stereocenters. The van der Waals surface area contributed by atoms with Gasteiger partial charge in [-0.2, -0.15) is 0 Å². The molecule has 0 saturated heterocycles. The van der Waals surface area contributed by atoms with Crippen molar-refractivity contribution in [2.45, 2.75) is 32.2 Å². The maximum atomic E-state index is 12.6. The minimum Gasteiger partial charge on any atom is -0.383 e. The molecule has 2 aromatic heterocycles. The quantitative estimate of drug-likeness (QED) is 0.734. The Kier molecular flexibility index (Phi) is 4.59. The molecule has 1 N–H and O–H groups in total. The number of aryl methyl sites for hydroxylation is 2. The monoisotopic (exact) mass is 354 g/mol. The van der Waals surface area contributed by atoms with E-state index >= 15 is 0 Å². The Morgan fingerprint density at radius 3 is 2.96 bits per heavy atom. The van der Waals surface area contributed by atoms with Gasteiger partial charge in [0.1, 0.15) is 0 Å². The molecule has 0 saturated carbocycles. The topological polar surface area (TPSA) is 43.3 Å². The predicted octanol–water partition coefficient (Wildman–Crippen LogP) is 4.48. The number of carbonyl (C=O) groups excluding carboxylic acids is 1. The largest absolute Gasteiger partial charge is 0.383 e. The van der Waals surface area contributed by atoms with E-state index in [2.05, 4.69) is 34.3 Å². The predicted molar refractivity (Wildman–Crippen MR) is 103 cm³/mol. The van der Waals surface area contributed by atoms with E-state index in [1.807, 2.05) is 12.1 Å². The molecule has 1 amide bonds. The van der Waals surface area contributed by atoms with Gasteiger partial charge in [0, 0.05) is 41.3 Å². The number of fused-ring (bicyclic) bond motifs is 2. The summed E-state index contributed by atoms with van der Waals surface area (Å²) in [6, 6.07) is 10.2. The minimum atomic E-state index is -0.00225. The van der Waals surface area contributed by atoms with Crippen LogP contribution < -0.4 is 5.32 Å². The Morgan fingerprint density at radius 2 is 2.12 bits per heavy atom. The van der Waals surface area contributed by atoms with Gasteiger partial charge in [-0.15, -0.1) is 11.3 Å². The van der Waals surface area contributed by atoms with E-state index in [-0.39, 0.29) is 5.91 Å². The fourth-order valence-electron chi connectivity index (χ4n) is 3.46. The number of anilines is 1. The summed E-state index contributed by atoms with van der Waals surface area (Å²) in [7, 11) is 1.71. The maximum Gasteiger partial charge on any atom is 0.265 e. The molecule has 1 aliphatic rings. The maximum absolute atomic E-state index is 12.6. The van der Waals surface area contributed by atoms with Crippen molar-refractivity contribution in [2.24, 2.45) is 0 Å². The Bertz CT molecular complexity index is 886. The number of amides is 1. The zero-order chi connectivity index (χ0) is 17.2. The highest BCUT2D eigenvalue weighted by Gasteiger charge is 2.17. The average Bonchev–Trinajstić information content (AvgIpc) is 3.23. The summed E-state index contributed by atoms with van der Waals surface area (Å²) in [6.07, 6.45) is 6.77. The van der Waals surface area contributed by atoms with Crippen LogP contribution in [0.4, 0.5) is 5.69 Å². The third-order valence-electron chi connectivity index (χ3n) is 4.79. The highest BCUT2D eigenvalue weighted by atomic mass is 32.1. The summed E-state index contributed by atoms with van der Waals surface area (Å²) >= 11 is 1.65. The standard InChI is InChI=1S/C20H22N2O2S/c1-24-11-10-22-9-8-14-12-16(6-7-17(14)22)21-20(23)19-13-15-4-2-3-5-18(15)25-19/h6-9,12-13H,2-5,10-11H2,1H3,(H,21,23). The van der Waals surface area contributed by atoms with Gasteiger partial charge in [0.15, 0.2) is 0 Å². The van der Waals surface area contributed by atoms with Crippen molar-refractivity contribution in [3.63, 3.8) is 0 Å². The van der Waals surface area contributed by atoms with Crippen LogP contribution in [0, 0.1) is 0 Å². The van der Waals surface area contributed by atoms with Crippen LogP contribution >= 0.6 is 11.3 Å². The van der Waals surface area contributed by atoms with Gasteiger partial charge in [-0.1, -0.05) is 0 Å². The number of aromatic nitrogens is 1. The van der Waals surface area contributed by atoms with Crippen LogP contribution in [0.2, 0.25) is 0 Å². The Morgan fingerprint density at radius 1 is 1.24 bits per heavy atom.